The molecule has 2 heterocycles. The lowest BCUT2D eigenvalue weighted by atomic mass is 9.72. The Balaban J connectivity index is 1.62. The van der Waals surface area contributed by atoms with Crippen molar-refractivity contribution in [1.82, 2.24) is 15.2 Å². The van der Waals surface area contributed by atoms with Crippen LogP contribution in [0, 0.1) is 11.3 Å². The zero-order valence-corrected chi connectivity index (χ0v) is 26.4. The zero-order chi connectivity index (χ0) is 31.2. The number of hydrogen-bond acceptors (Lipinski definition) is 5. The van der Waals surface area contributed by atoms with Gasteiger partial charge < -0.3 is 20.1 Å². The summed E-state index contributed by atoms with van der Waals surface area (Å²) < 4.78 is 5.75. The summed E-state index contributed by atoms with van der Waals surface area (Å²) in [5, 5.41) is 14.6. The van der Waals surface area contributed by atoms with E-state index >= 15 is 0 Å². The van der Waals surface area contributed by atoms with E-state index in [0.29, 0.717) is 25.1 Å². The van der Waals surface area contributed by atoms with Crippen LogP contribution in [0.25, 0.3) is 0 Å². The summed E-state index contributed by atoms with van der Waals surface area (Å²) in [6, 6.07) is 19.9. The van der Waals surface area contributed by atoms with Gasteiger partial charge in [-0.25, -0.2) is 4.79 Å². The number of nitrogens with zero attached hydrogens (tertiary/aromatic N) is 2. The highest BCUT2D eigenvalue weighted by Crippen LogP contribution is 2.55. The number of carbonyl (C=O) groups is 2. The van der Waals surface area contributed by atoms with E-state index in [4.69, 9.17) is 4.74 Å². The third-order valence-corrected chi connectivity index (χ3v) is 9.28. The number of carboxylic acid groups (broad SMARTS) is 1. The molecule has 2 N–H and O–H groups in total. The normalized spacial score (nSPS) is 23.2. The molecule has 3 aromatic rings. The Labute approximate surface area is 255 Å². The number of amides is 1. The molecule has 1 aliphatic carbocycles. The Kier molecular flexibility index (Phi) is 8.16. The largest absolute Gasteiger partial charge is 0.496 e. The monoisotopic (exact) mass is 583 g/mol. The number of rotatable bonds is 8. The summed E-state index contributed by atoms with van der Waals surface area (Å²) in [6.45, 7) is 13.2. The number of pyridine rings is 1. The van der Waals surface area contributed by atoms with E-state index in [1.165, 1.54) is 5.56 Å². The molecule has 1 amide bonds. The Bertz CT molecular complexity index is 1460. The van der Waals surface area contributed by atoms with Gasteiger partial charge >= 0.3 is 5.97 Å². The van der Waals surface area contributed by atoms with Gasteiger partial charge in [0.25, 0.3) is 0 Å². The number of aliphatic carboxylic acids is 1. The fourth-order valence-electron chi connectivity index (χ4n) is 6.91. The molecule has 7 nitrogen and oxygen atoms in total. The summed E-state index contributed by atoms with van der Waals surface area (Å²) in [5.41, 5.74) is 2.54. The quantitative estimate of drug-likeness (QED) is 0.325. The topological polar surface area (TPSA) is 91.8 Å². The highest BCUT2D eigenvalue weighted by Gasteiger charge is 2.63. The lowest BCUT2D eigenvalue weighted by Crippen LogP contribution is -2.50. The van der Waals surface area contributed by atoms with Crippen LogP contribution in [-0.4, -0.2) is 46.1 Å². The van der Waals surface area contributed by atoms with Crippen molar-refractivity contribution in [2.45, 2.75) is 89.9 Å². The van der Waals surface area contributed by atoms with E-state index in [1.54, 1.807) is 18.2 Å². The van der Waals surface area contributed by atoms with Crippen molar-refractivity contribution in [3.63, 3.8) is 0 Å². The molecule has 1 aliphatic heterocycles. The van der Waals surface area contributed by atoms with Crippen molar-refractivity contribution < 1.29 is 19.4 Å². The van der Waals surface area contributed by atoms with Gasteiger partial charge in [0.2, 0.25) is 5.91 Å². The molecule has 43 heavy (non-hydrogen) atoms. The average Bonchev–Trinajstić information content (AvgIpc) is 3.70. The molecule has 5 rings (SSSR count). The molecule has 7 heteroatoms. The number of aromatic nitrogens is 1. The maximum Gasteiger partial charge on any atom is 0.326 e. The molecule has 228 valence electrons. The SMILES string of the molecule is COc1ccc(C(C)(C)C)cc1CN[C@H]1[C@H](C(C)(C)C)[C@@H](C(=O)O)N(C(=O)C2(c3ccccn3)CC2)[C@H]1c1ccccc1. The number of benzene rings is 2. The lowest BCUT2D eigenvalue weighted by Gasteiger charge is -2.35. The molecule has 2 aromatic carbocycles. The lowest BCUT2D eigenvalue weighted by molar-refractivity contribution is -0.153. The van der Waals surface area contributed by atoms with Crippen LogP contribution in [0.15, 0.2) is 72.9 Å². The van der Waals surface area contributed by atoms with Crippen LogP contribution in [0.2, 0.25) is 0 Å². The van der Waals surface area contributed by atoms with Crippen LogP contribution in [-0.2, 0) is 27.0 Å². The molecule has 1 saturated heterocycles. The van der Waals surface area contributed by atoms with Crippen LogP contribution < -0.4 is 10.1 Å². The fourth-order valence-corrected chi connectivity index (χ4v) is 6.91. The number of carbonyl (C=O) groups excluding carboxylic acids is 1. The summed E-state index contributed by atoms with van der Waals surface area (Å²) in [5.74, 6) is -0.742. The van der Waals surface area contributed by atoms with Crippen LogP contribution in [0.5, 0.6) is 5.75 Å². The minimum Gasteiger partial charge on any atom is -0.496 e. The van der Waals surface area contributed by atoms with Gasteiger partial charge in [-0.3, -0.25) is 9.78 Å². The first-order chi connectivity index (χ1) is 20.3. The highest BCUT2D eigenvalue weighted by atomic mass is 16.5. The predicted molar refractivity (Wildman–Crippen MR) is 168 cm³/mol. The standard InChI is InChI=1S/C36H45N3O4/c1-34(2,3)25-16-17-26(43-7)24(21-25)22-38-29-28(35(4,5)6)31(32(40)41)39(30(29)23-13-9-8-10-14-23)33(42)36(18-19-36)27-15-11-12-20-37-27/h8-17,20-21,28-31,38H,18-19,22H2,1-7H3,(H,40,41)/t28-,29-,30-,31-/m0/s1. The molecule has 0 radical (unpaired) electrons. The van der Waals surface area contributed by atoms with Crippen molar-refractivity contribution in [3.05, 3.63) is 95.3 Å². The second-order valence-electron chi connectivity index (χ2n) is 14.2. The van der Waals surface area contributed by atoms with Crippen LogP contribution >= 0.6 is 0 Å². The summed E-state index contributed by atoms with van der Waals surface area (Å²) in [7, 11) is 1.67. The molecule has 1 aromatic heterocycles. The third kappa shape index (κ3) is 5.79. The minimum absolute atomic E-state index is 0.0451. The van der Waals surface area contributed by atoms with E-state index < -0.39 is 28.9 Å². The first-order valence-corrected chi connectivity index (χ1v) is 15.2. The van der Waals surface area contributed by atoms with E-state index in [1.807, 2.05) is 54.6 Å². The Hall–Kier alpha value is -3.71. The summed E-state index contributed by atoms with van der Waals surface area (Å²) in [6.07, 6.45) is 3.02. The second kappa shape index (κ2) is 11.4. The van der Waals surface area contributed by atoms with E-state index in [9.17, 15) is 14.7 Å². The van der Waals surface area contributed by atoms with Crippen molar-refractivity contribution in [2.75, 3.05) is 7.11 Å². The van der Waals surface area contributed by atoms with E-state index in [0.717, 1.165) is 16.9 Å². The van der Waals surface area contributed by atoms with Crippen LogP contribution in [0.4, 0.5) is 0 Å². The first kappa shape index (κ1) is 30.7. The highest BCUT2D eigenvalue weighted by molar-refractivity contribution is 5.95. The molecule has 1 saturated carbocycles. The smallest absolute Gasteiger partial charge is 0.326 e. The number of likely N-dealkylation sites (tertiary alicyclic amines) is 1. The van der Waals surface area contributed by atoms with Gasteiger partial charge in [-0.2, -0.15) is 0 Å². The molecule has 0 unspecified atom stereocenters. The van der Waals surface area contributed by atoms with Gasteiger partial charge in [0.05, 0.1) is 24.3 Å². The van der Waals surface area contributed by atoms with Gasteiger partial charge in [-0.1, -0.05) is 90.1 Å². The van der Waals surface area contributed by atoms with Crippen LogP contribution in [0.3, 0.4) is 0 Å². The Morgan fingerprint density at radius 1 is 1.00 bits per heavy atom. The third-order valence-electron chi connectivity index (χ3n) is 9.28. The van der Waals surface area contributed by atoms with Gasteiger partial charge in [-0.05, 0) is 53.0 Å². The molecule has 2 fully saturated rings. The maximum absolute atomic E-state index is 14.8. The summed E-state index contributed by atoms with van der Waals surface area (Å²) in [4.78, 5) is 34.3. The van der Waals surface area contributed by atoms with E-state index in [2.05, 4.69) is 64.0 Å². The molecule has 2 aliphatic rings. The molecular weight excluding hydrogens is 538 g/mol. The summed E-state index contributed by atoms with van der Waals surface area (Å²) >= 11 is 0. The molecule has 0 bridgehead atoms. The fraction of sp³-hybridized carbons (Fsp3) is 0.472. The number of carboxylic acids is 1. The van der Waals surface area contributed by atoms with Gasteiger partial charge in [0.1, 0.15) is 11.8 Å². The van der Waals surface area contributed by atoms with Gasteiger partial charge in [-0.15, -0.1) is 0 Å². The molecule has 4 atom stereocenters. The van der Waals surface area contributed by atoms with Crippen LogP contribution in [0.1, 0.15) is 82.8 Å². The van der Waals surface area contributed by atoms with Crippen molar-refractivity contribution >= 4 is 11.9 Å². The first-order valence-electron chi connectivity index (χ1n) is 15.2. The zero-order valence-electron chi connectivity index (χ0n) is 26.4. The van der Waals surface area contributed by atoms with Gasteiger partial charge in [0.15, 0.2) is 0 Å². The Morgan fingerprint density at radius 2 is 1.67 bits per heavy atom. The molecular formula is C36H45N3O4. The second-order valence-corrected chi connectivity index (χ2v) is 14.2. The number of hydrogen-bond donors (Lipinski definition) is 2. The predicted octanol–water partition coefficient (Wildman–Crippen LogP) is 6.28. The number of methoxy groups -OCH3 is 1. The Morgan fingerprint density at radius 3 is 2.21 bits per heavy atom. The van der Waals surface area contributed by atoms with Crippen molar-refractivity contribution in [1.29, 1.82) is 0 Å². The maximum atomic E-state index is 14.8. The minimum atomic E-state index is -1.01. The van der Waals surface area contributed by atoms with Gasteiger partial charge in [0, 0.05) is 30.3 Å². The molecule has 0 spiro atoms. The number of ether oxygens (including phenoxy) is 1. The van der Waals surface area contributed by atoms with Crippen molar-refractivity contribution in [3.8, 4) is 5.75 Å². The number of nitrogens with one attached hydrogen (secondary N) is 1. The van der Waals surface area contributed by atoms with Crippen molar-refractivity contribution in [2.24, 2.45) is 11.3 Å². The van der Waals surface area contributed by atoms with E-state index in [-0.39, 0.29) is 23.3 Å². The average molecular weight is 584 g/mol.